The number of likely N-dealkylation sites (tertiary alicyclic amines) is 1. The lowest BCUT2D eigenvalue weighted by molar-refractivity contribution is -0.0108. The van der Waals surface area contributed by atoms with Crippen molar-refractivity contribution in [2.75, 3.05) is 13.1 Å². The van der Waals surface area contributed by atoms with Crippen LogP contribution in [0.5, 0.6) is 0 Å². The Morgan fingerprint density at radius 3 is 3.00 bits per heavy atom. The molecule has 0 bridgehead atoms. The fraction of sp³-hybridized carbons (Fsp3) is 0.500. The fourth-order valence-corrected chi connectivity index (χ4v) is 4.86. The summed E-state index contributed by atoms with van der Waals surface area (Å²) in [6.45, 7) is 5.13. The molecule has 4 heteroatoms. The van der Waals surface area contributed by atoms with Gasteiger partial charge in [-0.05, 0) is 59.7 Å². The van der Waals surface area contributed by atoms with E-state index in [0.29, 0.717) is 11.8 Å². The molecule has 0 radical (unpaired) electrons. The second-order valence-electron chi connectivity index (χ2n) is 6.88. The van der Waals surface area contributed by atoms with Crippen molar-refractivity contribution in [3.63, 3.8) is 0 Å². The van der Waals surface area contributed by atoms with E-state index >= 15 is 0 Å². The normalized spacial score (nSPS) is 31.5. The SMILES string of the molecule is Cc1ccc([C@]2(O)CC[C@H]3CN(Cc4ccsc4)C[C@H]32)nc1. The van der Waals surface area contributed by atoms with Crippen LogP contribution in [-0.2, 0) is 12.1 Å². The van der Waals surface area contributed by atoms with Gasteiger partial charge >= 0.3 is 0 Å². The monoisotopic (exact) mass is 314 g/mol. The van der Waals surface area contributed by atoms with Gasteiger partial charge in [0.1, 0.15) is 5.60 Å². The molecule has 1 saturated carbocycles. The molecule has 3 nitrogen and oxygen atoms in total. The van der Waals surface area contributed by atoms with Crippen LogP contribution in [0.25, 0.3) is 0 Å². The van der Waals surface area contributed by atoms with Crippen LogP contribution in [0.4, 0.5) is 0 Å². The fourth-order valence-electron chi connectivity index (χ4n) is 4.20. The van der Waals surface area contributed by atoms with Gasteiger partial charge in [0.15, 0.2) is 0 Å². The number of aryl methyl sites for hydroxylation is 1. The minimum Gasteiger partial charge on any atom is -0.383 e. The van der Waals surface area contributed by atoms with Crippen molar-refractivity contribution >= 4 is 11.3 Å². The number of hydrogen-bond acceptors (Lipinski definition) is 4. The number of pyridine rings is 1. The van der Waals surface area contributed by atoms with Gasteiger partial charge in [-0.25, -0.2) is 0 Å². The summed E-state index contributed by atoms with van der Waals surface area (Å²) in [5.74, 6) is 0.924. The third-order valence-corrected chi connectivity index (χ3v) is 6.10. The number of fused-ring (bicyclic) bond motifs is 1. The average Bonchev–Trinajstić information content (AvgIpc) is 3.21. The van der Waals surface area contributed by atoms with Crippen molar-refractivity contribution in [1.29, 1.82) is 0 Å². The van der Waals surface area contributed by atoms with Crippen molar-refractivity contribution in [2.24, 2.45) is 11.8 Å². The van der Waals surface area contributed by atoms with E-state index in [1.807, 2.05) is 19.2 Å². The molecular formula is C18H22N2OS. The van der Waals surface area contributed by atoms with Crippen LogP contribution in [0, 0.1) is 18.8 Å². The Labute approximate surface area is 135 Å². The first kappa shape index (κ1) is 14.4. The molecule has 1 aliphatic heterocycles. The molecule has 2 aliphatic rings. The second-order valence-corrected chi connectivity index (χ2v) is 7.66. The first-order valence-electron chi connectivity index (χ1n) is 8.04. The highest BCUT2D eigenvalue weighted by atomic mass is 32.1. The summed E-state index contributed by atoms with van der Waals surface area (Å²) in [4.78, 5) is 7.02. The molecule has 0 amide bonds. The van der Waals surface area contributed by atoms with Gasteiger partial charge in [-0.15, -0.1) is 0 Å². The van der Waals surface area contributed by atoms with Gasteiger partial charge in [0.2, 0.25) is 0 Å². The molecule has 2 aromatic rings. The molecule has 22 heavy (non-hydrogen) atoms. The van der Waals surface area contributed by atoms with Gasteiger partial charge in [-0.2, -0.15) is 11.3 Å². The van der Waals surface area contributed by atoms with Crippen molar-refractivity contribution in [3.8, 4) is 0 Å². The van der Waals surface area contributed by atoms with Crippen LogP contribution >= 0.6 is 11.3 Å². The lowest BCUT2D eigenvalue weighted by Gasteiger charge is -2.29. The summed E-state index contributed by atoms with van der Waals surface area (Å²) in [5, 5.41) is 15.6. The predicted octanol–water partition coefficient (Wildman–Crippen LogP) is 3.18. The van der Waals surface area contributed by atoms with Gasteiger partial charge in [0.05, 0.1) is 5.69 Å². The summed E-state index contributed by atoms with van der Waals surface area (Å²) >= 11 is 1.76. The summed E-state index contributed by atoms with van der Waals surface area (Å²) in [6, 6.07) is 6.28. The van der Waals surface area contributed by atoms with Crippen LogP contribution in [0.1, 0.15) is 29.7 Å². The Morgan fingerprint density at radius 1 is 1.36 bits per heavy atom. The maximum Gasteiger partial charge on any atom is 0.111 e. The maximum absolute atomic E-state index is 11.3. The highest BCUT2D eigenvalue weighted by molar-refractivity contribution is 7.07. The van der Waals surface area contributed by atoms with Crippen molar-refractivity contribution in [2.45, 2.75) is 31.9 Å². The van der Waals surface area contributed by atoms with E-state index in [0.717, 1.165) is 43.7 Å². The highest BCUT2D eigenvalue weighted by Crippen LogP contribution is 2.50. The predicted molar refractivity (Wildman–Crippen MR) is 88.7 cm³/mol. The van der Waals surface area contributed by atoms with Crippen molar-refractivity contribution < 1.29 is 5.11 Å². The lowest BCUT2D eigenvalue weighted by atomic mass is 9.85. The van der Waals surface area contributed by atoms with E-state index in [-0.39, 0.29) is 0 Å². The van der Waals surface area contributed by atoms with Crippen LogP contribution in [0.3, 0.4) is 0 Å². The Kier molecular flexibility index (Phi) is 3.56. The molecule has 3 atom stereocenters. The molecular weight excluding hydrogens is 292 g/mol. The molecule has 0 spiro atoms. The van der Waals surface area contributed by atoms with Crippen molar-refractivity contribution in [3.05, 3.63) is 52.0 Å². The standard InChI is InChI=1S/C18H22N2OS/c1-13-2-3-17(19-8-13)18(21)6-4-15-10-20(11-16(15)18)9-14-5-7-22-12-14/h2-3,5,7-8,12,15-16,21H,4,6,9-11H2,1H3/t15-,16+,18-/m0/s1. The minimum absolute atomic E-state index is 0.321. The van der Waals surface area contributed by atoms with E-state index < -0.39 is 5.60 Å². The Balaban J connectivity index is 1.53. The molecule has 0 aromatic carbocycles. The topological polar surface area (TPSA) is 36.4 Å². The number of aliphatic hydroxyl groups is 1. The number of thiophene rings is 1. The van der Waals surface area contributed by atoms with Crippen LogP contribution in [-0.4, -0.2) is 28.1 Å². The Morgan fingerprint density at radius 2 is 2.27 bits per heavy atom. The molecule has 3 heterocycles. The highest BCUT2D eigenvalue weighted by Gasteiger charge is 2.52. The van der Waals surface area contributed by atoms with E-state index in [1.54, 1.807) is 11.3 Å². The quantitative estimate of drug-likeness (QED) is 0.945. The summed E-state index contributed by atoms with van der Waals surface area (Å²) < 4.78 is 0. The van der Waals surface area contributed by atoms with Gasteiger partial charge in [0, 0.05) is 31.7 Å². The van der Waals surface area contributed by atoms with Gasteiger partial charge in [-0.1, -0.05) is 6.07 Å². The van der Waals surface area contributed by atoms with Crippen LogP contribution in [0.2, 0.25) is 0 Å². The Bertz CT molecular complexity index is 640. The van der Waals surface area contributed by atoms with Crippen LogP contribution in [0.15, 0.2) is 35.2 Å². The van der Waals surface area contributed by atoms with E-state index in [9.17, 15) is 5.11 Å². The molecule has 1 N–H and O–H groups in total. The number of hydrogen-bond donors (Lipinski definition) is 1. The second kappa shape index (κ2) is 5.44. The summed E-state index contributed by atoms with van der Waals surface area (Å²) in [6.07, 6.45) is 3.83. The van der Waals surface area contributed by atoms with E-state index in [4.69, 9.17) is 0 Å². The molecule has 2 fully saturated rings. The van der Waals surface area contributed by atoms with Gasteiger partial charge in [0.25, 0.3) is 0 Å². The van der Waals surface area contributed by atoms with Crippen LogP contribution < -0.4 is 0 Å². The lowest BCUT2D eigenvalue weighted by Crippen LogP contribution is -2.35. The Hall–Kier alpha value is -1.23. The third-order valence-electron chi connectivity index (χ3n) is 5.37. The van der Waals surface area contributed by atoms with Gasteiger partial charge < -0.3 is 5.11 Å². The third kappa shape index (κ3) is 2.39. The number of rotatable bonds is 3. The largest absolute Gasteiger partial charge is 0.383 e. The first-order chi connectivity index (χ1) is 10.6. The zero-order valence-electron chi connectivity index (χ0n) is 12.9. The van der Waals surface area contributed by atoms with Gasteiger partial charge in [-0.3, -0.25) is 9.88 Å². The summed E-state index contributed by atoms with van der Waals surface area (Å²) in [5.41, 5.74) is 2.67. The van der Waals surface area contributed by atoms with E-state index in [2.05, 4.69) is 32.8 Å². The first-order valence-corrected chi connectivity index (χ1v) is 8.98. The number of nitrogens with zero attached hydrogens (tertiary/aromatic N) is 2. The zero-order chi connectivity index (χ0) is 15.2. The molecule has 2 aromatic heterocycles. The van der Waals surface area contributed by atoms with Crippen molar-refractivity contribution in [1.82, 2.24) is 9.88 Å². The molecule has 4 rings (SSSR count). The smallest absolute Gasteiger partial charge is 0.111 e. The van der Waals surface area contributed by atoms with E-state index in [1.165, 1.54) is 5.56 Å². The maximum atomic E-state index is 11.3. The molecule has 116 valence electrons. The number of aromatic nitrogens is 1. The zero-order valence-corrected chi connectivity index (χ0v) is 13.7. The minimum atomic E-state index is -0.734. The average molecular weight is 314 g/mol. The summed E-state index contributed by atoms with van der Waals surface area (Å²) in [7, 11) is 0. The molecule has 1 aliphatic carbocycles. The molecule has 0 unspecified atom stereocenters. The molecule has 1 saturated heterocycles.